The number of hydrogen-bond donors (Lipinski definition) is 0. The first-order chi connectivity index (χ1) is 5.74. The van der Waals surface area contributed by atoms with Crippen molar-refractivity contribution < 1.29 is 4.74 Å². The van der Waals surface area contributed by atoms with E-state index in [1.165, 1.54) is 9.13 Å². The SMILES string of the molecule is CCCOc1cc(C)ccc1I. The lowest BCUT2D eigenvalue weighted by Crippen LogP contribution is -1.96. The number of aryl methyl sites for hydroxylation is 1. The first kappa shape index (κ1) is 9.84. The molecular formula is C10H13IO. The van der Waals surface area contributed by atoms with Crippen LogP contribution in [0.4, 0.5) is 0 Å². The smallest absolute Gasteiger partial charge is 0.132 e. The lowest BCUT2D eigenvalue weighted by atomic mass is 10.2. The van der Waals surface area contributed by atoms with Gasteiger partial charge < -0.3 is 4.74 Å². The molecule has 0 saturated carbocycles. The van der Waals surface area contributed by atoms with Crippen LogP contribution >= 0.6 is 22.6 Å². The van der Waals surface area contributed by atoms with Crippen LogP contribution in [0.15, 0.2) is 18.2 Å². The van der Waals surface area contributed by atoms with Crippen molar-refractivity contribution in [1.82, 2.24) is 0 Å². The van der Waals surface area contributed by atoms with E-state index in [0.29, 0.717) is 0 Å². The van der Waals surface area contributed by atoms with E-state index in [2.05, 4.69) is 54.6 Å². The van der Waals surface area contributed by atoms with Crippen LogP contribution in [0.25, 0.3) is 0 Å². The van der Waals surface area contributed by atoms with E-state index in [1.807, 2.05) is 0 Å². The molecule has 0 aliphatic carbocycles. The lowest BCUT2D eigenvalue weighted by molar-refractivity contribution is 0.315. The third kappa shape index (κ3) is 2.66. The molecule has 0 atom stereocenters. The second-order valence-corrected chi connectivity index (χ2v) is 3.94. The molecule has 0 unspecified atom stereocenters. The average molecular weight is 276 g/mol. The van der Waals surface area contributed by atoms with Crippen molar-refractivity contribution in [3.8, 4) is 5.75 Å². The van der Waals surface area contributed by atoms with Gasteiger partial charge in [0.1, 0.15) is 5.75 Å². The predicted molar refractivity (Wildman–Crippen MR) is 59.7 cm³/mol. The van der Waals surface area contributed by atoms with Crippen LogP contribution in [-0.4, -0.2) is 6.61 Å². The van der Waals surface area contributed by atoms with Crippen LogP contribution in [0.1, 0.15) is 18.9 Å². The van der Waals surface area contributed by atoms with Crippen molar-refractivity contribution in [1.29, 1.82) is 0 Å². The topological polar surface area (TPSA) is 9.23 Å². The summed E-state index contributed by atoms with van der Waals surface area (Å²) in [5.41, 5.74) is 1.25. The van der Waals surface area contributed by atoms with Crippen molar-refractivity contribution in [2.75, 3.05) is 6.61 Å². The molecule has 0 aliphatic rings. The molecule has 12 heavy (non-hydrogen) atoms. The lowest BCUT2D eigenvalue weighted by Gasteiger charge is -2.07. The Bertz CT molecular complexity index is 258. The molecule has 0 radical (unpaired) electrons. The number of benzene rings is 1. The van der Waals surface area contributed by atoms with Crippen molar-refractivity contribution in [3.05, 3.63) is 27.3 Å². The highest BCUT2D eigenvalue weighted by molar-refractivity contribution is 14.1. The summed E-state index contributed by atoms with van der Waals surface area (Å²) in [5, 5.41) is 0. The molecule has 1 aromatic carbocycles. The maximum absolute atomic E-state index is 5.56. The summed E-state index contributed by atoms with van der Waals surface area (Å²) in [5.74, 6) is 1.01. The van der Waals surface area contributed by atoms with Crippen LogP contribution in [0, 0.1) is 10.5 Å². The number of halogens is 1. The summed E-state index contributed by atoms with van der Waals surface area (Å²) in [7, 11) is 0. The number of rotatable bonds is 3. The van der Waals surface area contributed by atoms with E-state index >= 15 is 0 Å². The van der Waals surface area contributed by atoms with Crippen LogP contribution in [0.3, 0.4) is 0 Å². The van der Waals surface area contributed by atoms with Gasteiger partial charge >= 0.3 is 0 Å². The Hall–Kier alpha value is -0.250. The molecule has 0 spiro atoms. The van der Waals surface area contributed by atoms with Gasteiger partial charge in [0, 0.05) is 0 Å². The van der Waals surface area contributed by atoms with E-state index in [9.17, 15) is 0 Å². The minimum absolute atomic E-state index is 0.805. The third-order valence-corrected chi connectivity index (χ3v) is 2.44. The molecule has 2 heteroatoms. The van der Waals surface area contributed by atoms with E-state index < -0.39 is 0 Å². The molecule has 0 aromatic heterocycles. The maximum atomic E-state index is 5.56. The molecule has 0 bridgehead atoms. The summed E-state index contributed by atoms with van der Waals surface area (Å²) >= 11 is 2.29. The molecule has 1 nitrogen and oxygen atoms in total. The predicted octanol–water partition coefficient (Wildman–Crippen LogP) is 3.39. The Morgan fingerprint density at radius 2 is 2.17 bits per heavy atom. The molecule has 0 aliphatic heterocycles. The second kappa shape index (κ2) is 4.70. The highest BCUT2D eigenvalue weighted by Crippen LogP contribution is 2.21. The summed E-state index contributed by atoms with van der Waals surface area (Å²) < 4.78 is 6.75. The number of ether oxygens (including phenoxy) is 1. The summed E-state index contributed by atoms with van der Waals surface area (Å²) in [6.45, 7) is 5.00. The Kier molecular flexibility index (Phi) is 3.85. The Morgan fingerprint density at radius 3 is 2.83 bits per heavy atom. The highest BCUT2D eigenvalue weighted by Gasteiger charge is 1.99. The summed E-state index contributed by atoms with van der Waals surface area (Å²) in [4.78, 5) is 0. The van der Waals surface area contributed by atoms with Gasteiger partial charge in [0.15, 0.2) is 0 Å². The van der Waals surface area contributed by atoms with Crippen LogP contribution < -0.4 is 4.74 Å². The Labute approximate surface area is 87.3 Å². The van der Waals surface area contributed by atoms with Gasteiger partial charge in [-0.1, -0.05) is 13.0 Å². The molecular weight excluding hydrogens is 263 g/mol. The largest absolute Gasteiger partial charge is 0.492 e. The van der Waals surface area contributed by atoms with E-state index in [1.54, 1.807) is 0 Å². The van der Waals surface area contributed by atoms with Gasteiger partial charge in [-0.3, -0.25) is 0 Å². The van der Waals surface area contributed by atoms with Crippen molar-refractivity contribution >= 4 is 22.6 Å². The van der Waals surface area contributed by atoms with E-state index in [4.69, 9.17) is 4.74 Å². The van der Waals surface area contributed by atoms with Gasteiger partial charge in [0.2, 0.25) is 0 Å². The molecule has 0 N–H and O–H groups in total. The third-order valence-electron chi connectivity index (χ3n) is 1.55. The Balaban J connectivity index is 2.75. The fourth-order valence-electron chi connectivity index (χ4n) is 0.933. The standard InChI is InChI=1S/C10H13IO/c1-3-6-12-10-7-8(2)4-5-9(10)11/h4-5,7H,3,6H2,1-2H3. The first-order valence-corrected chi connectivity index (χ1v) is 5.21. The van der Waals surface area contributed by atoms with Crippen molar-refractivity contribution in [2.45, 2.75) is 20.3 Å². The van der Waals surface area contributed by atoms with Crippen LogP contribution in [0.2, 0.25) is 0 Å². The average Bonchev–Trinajstić information content (AvgIpc) is 2.07. The molecule has 66 valence electrons. The normalized spacial score (nSPS) is 9.92. The summed E-state index contributed by atoms with van der Waals surface area (Å²) in [6, 6.07) is 6.26. The van der Waals surface area contributed by atoms with Crippen molar-refractivity contribution in [2.24, 2.45) is 0 Å². The van der Waals surface area contributed by atoms with Gasteiger partial charge in [-0.05, 0) is 53.6 Å². The fourth-order valence-corrected chi connectivity index (χ4v) is 1.42. The second-order valence-electron chi connectivity index (χ2n) is 2.78. The minimum atomic E-state index is 0.805. The van der Waals surface area contributed by atoms with Gasteiger partial charge in [-0.2, -0.15) is 0 Å². The molecule has 1 aromatic rings. The van der Waals surface area contributed by atoms with Gasteiger partial charge in [0.05, 0.1) is 10.2 Å². The summed E-state index contributed by atoms with van der Waals surface area (Å²) in [6.07, 6.45) is 1.06. The quantitative estimate of drug-likeness (QED) is 0.769. The molecule has 0 saturated heterocycles. The number of hydrogen-bond acceptors (Lipinski definition) is 1. The van der Waals surface area contributed by atoms with Crippen LogP contribution in [-0.2, 0) is 0 Å². The molecule has 0 heterocycles. The van der Waals surface area contributed by atoms with Crippen molar-refractivity contribution in [3.63, 3.8) is 0 Å². The Morgan fingerprint density at radius 1 is 1.42 bits per heavy atom. The zero-order chi connectivity index (χ0) is 8.97. The minimum Gasteiger partial charge on any atom is -0.492 e. The zero-order valence-electron chi connectivity index (χ0n) is 7.43. The highest BCUT2D eigenvalue weighted by atomic mass is 127. The monoisotopic (exact) mass is 276 g/mol. The molecule has 0 amide bonds. The zero-order valence-corrected chi connectivity index (χ0v) is 9.59. The van der Waals surface area contributed by atoms with Gasteiger partial charge in [0.25, 0.3) is 0 Å². The van der Waals surface area contributed by atoms with Gasteiger partial charge in [-0.25, -0.2) is 0 Å². The maximum Gasteiger partial charge on any atom is 0.132 e. The van der Waals surface area contributed by atoms with Gasteiger partial charge in [-0.15, -0.1) is 0 Å². The van der Waals surface area contributed by atoms with E-state index in [-0.39, 0.29) is 0 Å². The fraction of sp³-hybridized carbons (Fsp3) is 0.400. The molecule has 1 rings (SSSR count). The molecule has 0 fully saturated rings. The van der Waals surface area contributed by atoms with E-state index in [0.717, 1.165) is 18.8 Å². The first-order valence-electron chi connectivity index (χ1n) is 4.13. The van der Waals surface area contributed by atoms with Crippen LogP contribution in [0.5, 0.6) is 5.75 Å².